The predicted octanol–water partition coefficient (Wildman–Crippen LogP) is 7.27. The fourth-order valence-electron chi connectivity index (χ4n) is 3.92. The van der Waals surface area contributed by atoms with E-state index in [4.69, 9.17) is 21.1 Å². The molecule has 0 N–H and O–H groups in total. The normalized spacial score (nSPS) is 14.9. The molecule has 1 fully saturated rings. The molecule has 3 nitrogen and oxygen atoms in total. The van der Waals surface area contributed by atoms with Crippen LogP contribution < -0.4 is 9.47 Å². The summed E-state index contributed by atoms with van der Waals surface area (Å²) in [6.45, 7) is 8.43. The summed E-state index contributed by atoms with van der Waals surface area (Å²) in [6.07, 6.45) is 3.95. The summed E-state index contributed by atoms with van der Waals surface area (Å²) in [5.74, 6) is 2.72. The van der Waals surface area contributed by atoms with Crippen LogP contribution in [0.15, 0.2) is 54.6 Å². The Morgan fingerprint density at radius 1 is 0.867 bits per heavy atom. The number of hydrogen-bond acceptors (Lipinski definition) is 3. The number of benzene rings is 3. The van der Waals surface area contributed by atoms with Crippen molar-refractivity contribution < 1.29 is 9.47 Å². The lowest BCUT2D eigenvalue weighted by molar-refractivity contribution is 0.183. The Labute approximate surface area is 184 Å². The smallest absolute Gasteiger partial charge is 0.146 e. The Balaban J connectivity index is 1.38. The van der Waals surface area contributed by atoms with Gasteiger partial charge in [-0.25, -0.2) is 0 Å². The highest BCUT2D eigenvalue weighted by molar-refractivity contribution is 6.32. The summed E-state index contributed by atoms with van der Waals surface area (Å²) in [5, 5.41) is 2.93. The lowest BCUT2D eigenvalue weighted by Gasteiger charge is -2.26. The molecule has 4 rings (SSSR count). The largest absolute Gasteiger partial charge is 0.492 e. The van der Waals surface area contributed by atoms with E-state index in [0.717, 1.165) is 23.4 Å². The summed E-state index contributed by atoms with van der Waals surface area (Å²) in [7, 11) is 0. The second kappa shape index (κ2) is 9.72. The molecule has 1 saturated heterocycles. The summed E-state index contributed by atoms with van der Waals surface area (Å²) in [5.41, 5.74) is 1.34. The van der Waals surface area contributed by atoms with E-state index >= 15 is 0 Å². The first kappa shape index (κ1) is 21.0. The molecule has 0 saturated carbocycles. The molecule has 0 atom stereocenters. The number of piperidine rings is 1. The Morgan fingerprint density at radius 3 is 2.37 bits per heavy atom. The summed E-state index contributed by atoms with van der Waals surface area (Å²) in [6, 6.07) is 18.4. The molecule has 3 aromatic carbocycles. The standard InChI is InChI=1S/C26H30ClNO2/c1-19(2)20-6-7-22-17-24(9-8-21(22)16-20)30-26-11-10-23(18-25(26)27)29-15-14-28-12-4-3-5-13-28/h6-11,16-19H,3-5,12-15H2,1-2H3. The summed E-state index contributed by atoms with van der Waals surface area (Å²) in [4.78, 5) is 2.46. The number of fused-ring (bicyclic) bond motifs is 1. The van der Waals surface area contributed by atoms with Gasteiger partial charge in [0.15, 0.2) is 0 Å². The minimum Gasteiger partial charge on any atom is -0.492 e. The molecule has 158 valence electrons. The zero-order valence-electron chi connectivity index (χ0n) is 17.9. The molecule has 0 aliphatic carbocycles. The van der Waals surface area contributed by atoms with Crippen LogP contribution in [0.1, 0.15) is 44.6 Å². The van der Waals surface area contributed by atoms with Gasteiger partial charge < -0.3 is 9.47 Å². The maximum absolute atomic E-state index is 6.47. The lowest BCUT2D eigenvalue weighted by Crippen LogP contribution is -2.33. The molecule has 1 aliphatic heterocycles. The van der Waals surface area contributed by atoms with Gasteiger partial charge in [0.2, 0.25) is 0 Å². The maximum atomic E-state index is 6.47. The van der Waals surface area contributed by atoms with Crippen molar-refractivity contribution in [1.82, 2.24) is 4.90 Å². The second-order valence-electron chi connectivity index (χ2n) is 8.37. The second-order valence-corrected chi connectivity index (χ2v) is 8.78. The van der Waals surface area contributed by atoms with Crippen LogP contribution in [0.5, 0.6) is 17.2 Å². The van der Waals surface area contributed by atoms with Gasteiger partial charge in [-0.2, -0.15) is 0 Å². The third-order valence-electron chi connectivity index (χ3n) is 5.76. The van der Waals surface area contributed by atoms with Gasteiger partial charge in [-0.05, 0) is 72.5 Å². The molecule has 0 aromatic heterocycles. The number of ether oxygens (including phenoxy) is 2. The molecule has 30 heavy (non-hydrogen) atoms. The molecule has 1 heterocycles. The Hall–Kier alpha value is -2.23. The van der Waals surface area contributed by atoms with Crippen molar-refractivity contribution in [2.45, 2.75) is 39.0 Å². The summed E-state index contributed by atoms with van der Waals surface area (Å²) < 4.78 is 12.0. The van der Waals surface area contributed by atoms with Crippen LogP contribution in [0, 0.1) is 0 Å². The lowest BCUT2D eigenvalue weighted by atomic mass is 9.99. The van der Waals surface area contributed by atoms with Crippen LogP contribution in [0.2, 0.25) is 5.02 Å². The van der Waals surface area contributed by atoms with Crippen LogP contribution >= 0.6 is 11.6 Å². The van der Waals surface area contributed by atoms with Gasteiger partial charge in [0.25, 0.3) is 0 Å². The van der Waals surface area contributed by atoms with Crippen LogP contribution in [-0.4, -0.2) is 31.1 Å². The van der Waals surface area contributed by atoms with Gasteiger partial charge in [-0.3, -0.25) is 4.90 Å². The first-order chi connectivity index (χ1) is 14.6. The van der Waals surface area contributed by atoms with Crippen molar-refractivity contribution in [2.24, 2.45) is 0 Å². The van der Waals surface area contributed by atoms with Gasteiger partial charge in [0.05, 0.1) is 5.02 Å². The van der Waals surface area contributed by atoms with Crippen LogP contribution in [0.3, 0.4) is 0 Å². The molecule has 0 amide bonds. The van der Waals surface area contributed by atoms with Crippen molar-refractivity contribution in [3.63, 3.8) is 0 Å². The van der Waals surface area contributed by atoms with E-state index in [1.807, 2.05) is 24.3 Å². The third kappa shape index (κ3) is 5.27. The van der Waals surface area contributed by atoms with Gasteiger partial charge >= 0.3 is 0 Å². The highest BCUT2D eigenvalue weighted by Crippen LogP contribution is 2.34. The number of hydrogen-bond donors (Lipinski definition) is 0. The fraction of sp³-hybridized carbons (Fsp3) is 0.385. The molecule has 1 aliphatic rings. The average molecular weight is 424 g/mol. The van der Waals surface area contributed by atoms with E-state index in [-0.39, 0.29) is 0 Å². The molecular weight excluding hydrogens is 394 g/mol. The molecule has 0 bridgehead atoms. The average Bonchev–Trinajstić information content (AvgIpc) is 2.76. The van der Waals surface area contributed by atoms with E-state index in [0.29, 0.717) is 23.3 Å². The minimum absolute atomic E-state index is 0.518. The molecule has 0 radical (unpaired) electrons. The van der Waals surface area contributed by atoms with Crippen LogP contribution in [0.25, 0.3) is 10.8 Å². The van der Waals surface area contributed by atoms with Gasteiger partial charge in [-0.1, -0.05) is 56.1 Å². The van der Waals surface area contributed by atoms with Crippen LogP contribution in [0.4, 0.5) is 0 Å². The third-order valence-corrected chi connectivity index (χ3v) is 6.05. The Kier molecular flexibility index (Phi) is 6.81. The van der Waals surface area contributed by atoms with Crippen LogP contribution in [-0.2, 0) is 0 Å². The number of likely N-dealkylation sites (tertiary alicyclic amines) is 1. The first-order valence-corrected chi connectivity index (χ1v) is 11.3. The van der Waals surface area contributed by atoms with E-state index in [1.165, 1.54) is 43.3 Å². The Morgan fingerprint density at radius 2 is 1.60 bits per heavy atom. The first-order valence-electron chi connectivity index (χ1n) is 10.9. The van der Waals surface area contributed by atoms with E-state index in [2.05, 4.69) is 49.1 Å². The number of nitrogens with zero attached hydrogens (tertiary/aromatic N) is 1. The molecule has 0 spiro atoms. The van der Waals surface area contributed by atoms with Crippen molar-refractivity contribution in [3.8, 4) is 17.2 Å². The van der Waals surface area contributed by atoms with E-state index in [1.54, 1.807) is 0 Å². The zero-order chi connectivity index (χ0) is 20.9. The van der Waals surface area contributed by atoms with Gasteiger partial charge in [0, 0.05) is 12.6 Å². The Bertz CT molecular complexity index is 995. The number of rotatable bonds is 7. The minimum atomic E-state index is 0.518. The number of halogens is 1. The molecule has 4 heteroatoms. The van der Waals surface area contributed by atoms with Gasteiger partial charge in [-0.15, -0.1) is 0 Å². The van der Waals surface area contributed by atoms with Crippen molar-refractivity contribution in [3.05, 3.63) is 65.2 Å². The van der Waals surface area contributed by atoms with Crippen molar-refractivity contribution >= 4 is 22.4 Å². The topological polar surface area (TPSA) is 21.7 Å². The highest BCUT2D eigenvalue weighted by Gasteiger charge is 2.11. The van der Waals surface area contributed by atoms with Crippen molar-refractivity contribution in [2.75, 3.05) is 26.2 Å². The maximum Gasteiger partial charge on any atom is 0.146 e. The summed E-state index contributed by atoms with van der Waals surface area (Å²) >= 11 is 6.47. The highest BCUT2D eigenvalue weighted by atomic mass is 35.5. The molecule has 0 unspecified atom stereocenters. The van der Waals surface area contributed by atoms with E-state index in [9.17, 15) is 0 Å². The predicted molar refractivity (Wildman–Crippen MR) is 125 cm³/mol. The van der Waals surface area contributed by atoms with Crippen molar-refractivity contribution in [1.29, 1.82) is 0 Å². The van der Waals surface area contributed by atoms with E-state index < -0.39 is 0 Å². The quantitative estimate of drug-likeness (QED) is 0.398. The SMILES string of the molecule is CC(C)c1ccc2cc(Oc3ccc(OCCN4CCCCC4)cc3Cl)ccc2c1. The fourth-order valence-corrected chi connectivity index (χ4v) is 4.13. The molecule has 3 aromatic rings. The van der Waals surface area contributed by atoms with Gasteiger partial charge in [0.1, 0.15) is 23.9 Å². The molecular formula is C26H30ClNO2. The monoisotopic (exact) mass is 423 g/mol. The zero-order valence-corrected chi connectivity index (χ0v) is 18.6.